The van der Waals surface area contributed by atoms with Crippen molar-refractivity contribution in [2.24, 2.45) is 7.05 Å². The van der Waals surface area contributed by atoms with E-state index >= 15 is 0 Å². The molecule has 0 amide bonds. The van der Waals surface area contributed by atoms with Gasteiger partial charge in [0.1, 0.15) is 5.78 Å². The molecule has 1 fully saturated rings. The molecule has 0 spiro atoms. The Hall–Kier alpha value is -2.18. The Labute approximate surface area is 127 Å². The van der Waals surface area contributed by atoms with Crippen LogP contribution in [0.4, 0.5) is 0 Å². The van der Waals surface area contributed by atoms with Crippen molar-refractivity contribution in [1.82, 2.24) is 18.7 Å². The second-order valence-corrected chi connectivity index (χ2v) is 6.01. The number of fused-ring (bicyclic) bond motifs is 1. The quantitative estimate of drug-likeness (QED) is 0.746. The van der Waals surface area contributed by atoms with Crippen LogP contribution in [0.25, 0.3) is 11.2 Å². The molecule has 2 aromatic rings. The minimum Gasteiger partial charge on any atom is -0.322 e. The number of aryl methyl sites for hydroxylation is 1. The van der Waals surface area contributed by atoms with E-state index in [-0.39, 0.29) is 17.0 Å². The van der Waals surface area contributed by atoms with E-state index in [2.05, 4.69) is 4.98 Å². The predicted octanol–water partition coefficient (Wildman–Crippen LogP) is 0.991. The molecule has 0 radical (unpaired) electrons. The number of carbonyl (C=O) groups is 1. The molecule has 0 aliphatic heterocycles. The summed E-state index contributed by atoms with van der Waals surface area (Å²) in [5.74, 6) is 0.127. The lowest BCUT2D eigenvalue weighted by Gasteiger charge is -2.09. The molecule has 1 aliphatic rings. The maximum Gasteiger partial charge on any atom is 0.332 e. The van der Waals surface area contributed by atoms with Crippen molar-refractivity contribution in [1.29, 1.82) is 0 Å². The first-order valence-corrected chi connectivity index (χ1v) is 7.66. The van der Waals surface area contributed by atoms with Crippen molar-refractivity contribution >= 4 is 16.9 Å². The lowest BCUT2D eigenvalue weighted by atomic mass is 10.2. The van der Waals surface area contributed by atoms with Gasteiger partial charge in [-0.2, -0.15) is 0 Å². The number of nitrogens with zero attached hydrogens (tertiary/aromatic N) is 4. The maximum atomic E-state index is 12.7. The zero-order valence-electron chi connectivity index (χ0n) is 12.9. The molecule has 7 nitrogen and oxygen atoms in total. The van der Waals surface area contributed by atoms with Crippen molar-refractivity contribution in [2.45, 2.75) is 51.6 Å². The third kappa shape index (κ3) is 2.51. The molecule has 0 unspecified atom stereocenters. The van der Waals surface area contributed by atoms with Crippen molar-refractivity contribution in [3.05, 3.63) is 27.2 Å². The topological polar surface area (TPSA) is 78.9 Å². The molecule has 2 heterocycles. The first-order chi connectivity index (χ1) is 10.5. The van der Waals surface area contributed by atoms with Crippen LogP contribution in [0.5, 0.6) is 0 Å². The Kier molecular flexibility index (Phi) is 3.72. The standard InChI is InChI=1S/C15H20N4O3/c1-10(20)5-3-4-8-18-14(21)12-13(17(2)15(18)22)16-9-19(12)11-6-7-11/h9,11H,3-8H2,1-2H3. The van der Waals surface area contributed by atoms with Gasteiger partial charge in [0.15, 0.2) is 11.2 Å². The van der Waals surface area contributed by atoms with Gasteiger partial charge in [0.05, 0.1) is 6.33 Å². The van der Waals surface area contributed by atoms with Crippen LogP contribution < -0.4 is 11.2 Å². The summed E-state index contributed by atoms with van der Waals surface area (Å²) >= 11 is 0. The van der Waals surface area contributed by atoms with Gasteiger partial charge in [-0.05, 0) is 32.6 Å². The molecule has 0 N–H and O–H groups in total. The van der Waals surface area contributed by atoms with Crippen LogP contribution in [-0.4, -0.2) is 24.5 Å². The van der Waals surface area contributed by atoms with E-state index in [9.17, 15) is 14.4 Å². The Morgan fingerprint density at radius 2 is 2.05 bits per heavy atom. The van der Waals surface area contributed by atoms with Gasteiger partial charge in [-0.15, -0.1) is 0 Å². The molecule has 0 bridgehead atoms. The first kappa shape index (κ1) is 14.7. The lowest BCUT2D eigenvalue weighted by Crippen LogP contribution is -2.39. The SMILES string of the molecule is CC(=O)CCCCn1c(=O)c2c(ncn2C2CC2)n(C)c1=O. The summed E-state index contributed by atoms with van der Waals surface area (Å²) in [7, 11) is 1.64. The molecule has 0 saturated heterocycles. The summed E-state index contributed by atoms with van der Waals surface area (Å²) < 4.78 is 4.59. The number of aromatic nitrogens is 4. The van der Waals surface area contributed by atoms with Gasteiger partial charge in [0.25, 0.3) is 5.56 Å². The molecule has 2 aromatic heterocycles. The van der Waals surface area contributed by atoms with Crippen molar-refractivity contribution in [2.75, 3.05) is 0 Å². The number of Topliss-reactive ketones (excluding diaryl/α,β-unsaturated/α-hetero) is 1. The van der Waals surface area contributed by atoms with Gasteiger partial charge < -0.3 is 9.36 Å². The van der Waals surface area contributed by atoms with Crippen LogP contribution in [0.15, 0.2) is 15.9 Å². The van der Waals surface area contributed by atoms with Gasteiger partial charge in [0.2, 0.25) is 0 Å². The minimum absolute atomic E-state index is 0.127. The van der Waals surface area contributed by atoms with Crippen molar-refractivity contribution in [3.8, 4) is 0 Å². The third-order valence-electron chi connectivity index (χ3n) is 4.16. The van der Waals surface area contributed by atoms with E-state index in [0.717, 1.165) is 12.8 Å². The fourth-order valence-electron chi connectivity index (χ4n) is 2.76. The summed E-state index contributed by atoms with van der Waals surface area (Å²) in [6.45, 7) is 1.88. The summed E-state index contributed by atoms with van der Waals surface area (Å²) in [6.07, 6.45) is 5.56. The number of hydrogen-bond donors (Lipinski definition) is 0. The summed E-state index contributed by atoms with van der Waals surface area (Å²) in [6, 6.07) is 0.335. The Bertz CT molecular complexity index is 839. The normalized spacial score (nSPS) is 14.6. The zero-order valence-corrected chi connectivity index (χ0v) is 12.9. The molecule has 118 valence electrons. The Morgan fingerprint density at radius 1 is 1.32 bits per heavy atom. The fraction of sp³-hybridized carbons (Fsp3) is 0.600. The highest BCUT2D eigenvalue weighted by atomic mass is 16.2. The smallest absolute Gasteiger partial charge is 0.322 e. The second-order valence-electron chi connectivity index (χ2n) is 6.01. The van der Waals surface area contributed by atoms with Gasteiger partial charge >= 0.3 is 5.69 Å². The van der Waals surface area contributed by atoms with E-state index < -0.39 is 0 Å². The van der Waals surface area contributed by atoms with Gasteiger partial charge in [-0.3, -0.25) is 13.9 Å². The average molecular weight is 304 g/mol. The third-order valence-corrected chi connectivity index (χ3v) is 4.16. The van der Waals surface area contributed by atoms with Crippen LogP contribution in [0.2, 0.25) is 0 Å². The molecule has 1 saturated carbocycles. The minimum atomic E-state index is -0.346. The van der Waals surface area contributed by atoms with Crippen LogP contribution in [-0.2, 0) is 18.4 Å². The monoisotopic (exact) mass is 304 g/mol. The number of unbranched alkanes of at least 4 members (excludes halogenated alkanes) is 1. The number of rotatable bonds is 6. The van der Waals surface area contributed by atoms with Crippen LogP contribution in [0, 0.1) is 0 Å². The summed E-state index contributed by atoms with van der Waals surface area (Å²) in [5.41, 5.74) is 0.338. The highest BCUT2D eigenvalue weighted by Crippen LogP contribution is 2.36. The molecule has 7 heteroatoms. The Morgan fingerprint density at radius 3 is 2.68 bits per heavy atom. The number of imidazole rings is 1. The van der Waals surface area contributed by atoms with Gasteiger partial charge in [-0.1, -0.05) is 0 Å². The van der Waals surface area contributed by atoms with Crippen LogP contribution in [0.1, 0.15) is 45.1 Å². The highest BCUT2D eigenvalue weighted by molar-refractivity contribution is 5.75. The predicted molar refractivity (Wildman–Crippen MR) is 82.0 cm³/mol. The zero-order chi connectivity index (χ0) is 15.9. The molecule has 22 heavy (non-hydrogen) atoms. The Balaban J connectivity index is 1.98. The first-order valence-electron chi connectivity index (χ1n) is 7.66. The van der Waals surface area contributed by atoms with E-state index in [1.807, 2.05) is 4.57 Å². The number of ketones is 1. The van der Waals surface area contributed by atoms with Gasteiger partial charge in [-0.25, -0.2) is 9.78 Å². The fourth-order valence-corrected chi connectivity index (χ4v) is 2.76. The number of carbonyl (C=O) groups excluding carboxylic acids is 1. The van der Waals surface area contributed by atoms with Crippen LogP contribution in [0.3, 0.4) is 0 Å². The largest absolute Gasteiger partial charge is 0.332 e. The molecular weight excluding hydrogens is 284 g/mol. The lowest BCUT2D eigenvalue weighted by molar-refractivity contribution is -0.117. The molecular formula is C15H20N4O3. The molecule has 0 atom stereocenters. The number of hydrogen-bond acceptors (Lipinski definition) is 4. The molecule has 3 rings (SSSR count). The van der Waals surface area contributed by atoms with Crippen LogP contribution >= 0.6 is 0 Å². The highest BCUT2D eigenvalue weighted by Gasteiger charge is 2.27. The maximum absolute atomic E-state index is 12.7. The van der Waals surface area contributed by atoms with Gasteiger partial charge in [0, 0.05) is 26.1 Å². The summed E-state index contributed by atoms with van der Waals surface area (Å²) in [4.78, 5) is 40.2. The second kappa shape index (κ2) is 5.55. The molecule has 1 aliphatic carbocycles. The average Bonchev–Trinajstić information content (AvgIpc) is 3.22. The van der Waals surface area contributed by atoms with E-state index in [0.29, 0.717) is 43.0 Å². The van der Waals surface area contributed by atoms with E-state index in [1.54, 1.807) is 20.3 Å². The van der Waals surface area contributed by atoms with E-state index in [4.69, 9.17) is 0 Å². The summed E-state index contributed by atoms with van der Waals surface area (Å²) in [5, 5.41) is 0. The van der Waals surface area contributed by atoms with Crippen molar-refractivity contribution in [3.63, 3.8) is 0 Å². The van der Waals surface area contributed by atoms with E-state index in [1.165, 1.54) is 9.13 Å². The molecule has 0 aromatic carbocycles. The van der Waals surface area contributed by atoms with Crippen molar-refractivity contribution < 1.29 is 4.79 Å².